The number of rotatable bonds is 3. The van der Waals surface area contributed by atoms with Crippen LogP contribution in [0.4, 0.5) is 0 Å². The second-order valence-electron chi connectivity index (χ2n) is 5.43. The van der Waals surface area contributed by atoms with Crippen molar-refractivity contribution >= 4 is 5.91 Å². The molecule has 2 fully saturated rings. The number of aromatic nitrogens is 1. The normalized spacial score (nSPS) is 29.5. The van der Waals surface area contributed by atoms with Crippen molar-refractivity contribution in [3.63, 3.8) is 0 Å². The number of hydrogen-bond donors (Lipinski definition) is 1. The number of nitrogens with zero attached hydrogens (tertiary/aromatic N) is 1. The van der Waals surface area contributed by atoms with Crippen molar-refractivity contribution in [1.82, 2.24) is 10.3 Å². The van der Waals surface area contributed by atoms with E-state index < -0.39 is 0 Å². The van der Waals surface area contributed by atoms with Gasteiger partial charge in [0, 0.05) is 18.4 Å². The molecule has 3 rings (SSSR count). The summed E-state index contributed by atoms with van der Waals surface area (Å²) < 4.78 is 11.4. The van der Waals surface area contributed by atoms with Gasteiger partial charge < -0.3 is 14.8 Å². The topological polar surface area (TPSA) is 60.5 Å². The van der Waals surface area contributed by atoms with E-state index >= 15 is 0 Å². The molecule has 0 unspecified atom stereocenters. The summed E-state index contributed by atoms with van der Waals surface area (Å²) >= 11 is 0. The van der Waals surface area contributed by atoms with Crippen LogP contribution in [0.2, 0.25) is 0 Å². The molecule has 5 nitrogen and oxygen atoms in total. The van der Waals surface area contributed by atoms with Crippen LogP contribution < -0.4 is 5.32 Å². The number of ether oxygens (including phenoxy) is 2. The van der Waals surface area contributed by atoms with Gasteiger partial charge in [-0.15, -0.1) is 0 Å². The minimum Gasteiger partial charge on any atom is -0.373 e. The molecule has 0 aromatic carbocycles. The molecule has 1 aromatic rings. The molecule has 1 aromatic heterocycles. The third-order valence-electron chi connectivity index (χ3n) is 3.93. The summed E-state index contributed by atoms with van der Waals surface area (Å²) in [5, 5.41) is 3.10. The van der Waals surface area contributed by atoms with Gasteiger partial charge in [-0.2, -0.15) is 0 Å². The summed E-state index contributed by atoms with van der Waals surface area (Å²) in [6.07, 6.45) is 6.96. The fourth-order valence-corrected chi connectivity index (χ4v) is 2.96. The van der Waals surface area contributed by atoms with Gasteiger partial charge in [0.05, 0.1) is 31.8 Å². The second kappa shape index (κ2) is 6.33. The maximum absolute atomic E-state index is 12.0. The third kappa shape index (κ3) is 3.35. The minimum absolute atomic E-state index is 0.0539. The summed E-state index contributed by atoms with van der Waals surface area (Å²) in [6.45, 7) is 1.36. The van der Waals surface area contributed by atoms with E-state index in [9.17, 15) is 4.79 Å². The average molecular weight is 276 g/mol. The van der Waals surface area contributed by atoms with Gasteiger partial charge in [-0.25, -0.2) is 0 Å². The average Bonchev–Trinajstić information content (AvgIpc) is 2.48. The lowest BCUT2D eigenvalue weighted by atomic mass is 9.89. The first-order valence-electron chi connectivity index (χ1n) is 7.23. The molecule has 1 saturated heterocycles. The number of fused-ring (bicyclic) bond motifs is 1. The number of carbonyl (C=O) groups excluding carboxylic acids is 1. The fraction of sp³-hybridized carbons (Fsp3) is 0.600. The SMILES string of the molecule is O=C(Cc1cccnc1)N[C@@H]1CC[C@H]2OCCO[C@H]2C1. The van der Waals surface area contributed by atoms with E-state index in [2.05, 4.69) is 10.3 Å². The highest BCUT2D eigenvalue weighted by Crippen LogP contribution is 2.26. The van der Waals surface area contributed by atoms with Crippen molar-refractivity contribution in [3.05, 3.63) is 30.1 Å². The maximum Gasteiger partial charge on any atom is 0.224 e. The molecule has 108 valence electrons. The van der Waals surface area contributed by atoms with Crippen LogP contribution in [0, 0.1) is 0 Å². The molecule has 2 aliphatic rings. The van der Waals surface area contributed by atoms with Gasteiger partial charge in [0.25, 0.3) is 0 Å². The van der Waals surface area contributed by atoms with Gasteiger partial charge in [-0.05, 0) is 30.9 Å². The molecule has 3 atom stereocenters. The largest absolute Gasteiger partial charge is 0.373 e. The van der Waals surface area contributed by atoms with Crippen molar-refractivity contribution in [2.24, 2.45) is 0 Å². The predicted octanol–water partition coefficient (Wildman–Crippen LogP) is 1.08. The molecule has 2 heterocycles. The Morgan fingerprint density at radius 1 is 1.30 bits per heavy atom. The summed E-state index contributed by atoms with van der Waals surface area (Å²) in [7, 11) is 0. The van der Waals surface area contributed by atoms with Crippen LogP contribution in [-0.2, 0) is 20.7 Å². The van der Waals surface area contributed by atoms with Gasteiger partial charge in [-0.3, -0.25) is 9.78 Å². The summed E-state index contributed by atoms with van der Waals surface area (Å²) in [5.41, 5.74) is 0.941. The second-order valence-corrected chi connectivity index (χ2v) is 5.43. The van der Waals surface area contributed by atoms with Gasteiger partial charge in [-0.1, -0.05) is 6.07 Å². The molecule has 1 amide bonds. The quantitative estimate of drug-likeness (QED) is 0.897. The highest BCUT2D eigenvalue weighted by atomic mass is 16.6. The van der Waals surface area contributed by atoms with Gasteiger partial charge in [0.1, 0.15) is 0 Å². The smallest absolute Gasteiger partial charge is 0.224 e. The number of amides is 1. The van der Waals surface area contributed by atoms with Crippen LogP contribution in [0.25, 0.3) is 0 Å². The Bertz CT molecular complexity index is 452. The Morgan fingerprint density at radius 2 is 2.15 bits per heavy atom. The Labute approximate surface area is 118 Å². The first-order valence-corrected chi connectivity index (χ1v) is 7.23. The molecule has 1 aliphatic heterocycles. The molecule has 1 aliphatic carbocycles. The Morgan fingerprint density at radius 3 is 2.95 bits per heavy atom. The molecule has 20 heavy (non-hydrogen) atoms. The molecular weight excluding hydrogens is 256 g/mol. The Kier molecular flexibility index (Phi) is 4.28. The highest BCUT2D eigenvalue weighted by molar-refractivity contribution is 5.78. The molecule has 0 radical (unpaired) electrons. The van der Waals surface area contributed by atoms with Crippen molar-refractivity contribution in [3.8, 4) is 0 Å². The van der Waals surface area contributed by atoms with E-state index in [1.807, 2.05) is 12.1 Å². The van der Waals surface area contributed by atoms with Crippen LogP contribution in [0.15, 0.2) is 24.5 Å². The molecule has 1 saturated carbocycles. The lowest BCUT2D eigenvalue weighted by Crippen LogP contribution is -2.49. The first kappa shape index (κ1) is 13.5. The zero-order chi connectivity index (χ0) is 13.8. The van der Waals surface area contributed by atoms with Crippen LogP contribution in [-0.4, -0.2) is 42.4 Å². The minimum atomic E-state index is 0.0539. The van der Waals surface area contributed by atoms with E-state index in [1.165, 1.54) is 0 Å². The van der Waals surface area contributed by atoms with Crippen molar-refractivity contribution in [2.45, 2.75) is 43.9 Å². The predicted molar refractivity (Wildman–Crippen MR) is 73.2 cm³/mol. The number of pyridine rings is 1. The third-order valence-corrected chi connectivity index (χ3v) is 3.93. The number of nitrogens with one attached hydrogen (secondary N) is 1. The van der Waals surface area contributed by atoms with Crippen molar-refractivity contribution in [1.29, 1.82) is 0 Å². The van der Waals surface area contributed by atoms with E-state index in [0.717, 1.165) is 24.8 Å². The molecule has 0 spiro atoms. The van der Waals surface area contributed by atoms with E-state index in [4.69, 9.17) is 9.47 Å². The van der Waals surface area contributed by atoms with Gasteiger partial charge in [0.2, 0.25) is 5.91 Å². The highest BCUT2D eigenvalue weighted by Gasteiger charge is 2.34. The molecule has 0 bridgehead atoms. The number of hydrogen-bond acceptors (Lipinski definition) is 4. The van der Waals surface area contributed by atoms with Crippen LogP contribution >= 0.6 is 0 Å². The summed E-state index contributed by atoms with van der Waals surface area (Å²) in [6, 6.07) is 3.96. The summed E-state index contributed by atoms with van der Waals surface area (Å²) in [4.78, 5) is 16.1. The van der Waals surface area contributed by atoms with Crippen LogP contribution in [0.1, 0.15) is 24.8 Å². The fourth-order valence-electron chi connectivity index (χ4n) is 2.96. The number of carbonyl (C=O) groups is 1. The van der Waals surface area contributed by atoms with E-state index in [1.54, 1.807) is 12.4 Å². The molecular formula is C15H20N2O3. The standard InChI is InChI=1S/C15H20N2O3/c18-15(8-11-2-1-5-16-10-11)17-12-3-4-13-14(9-12)20-7-6-19-13/h1-2,5,10,12-14H,3-4,6-9H2,(H,17,18)/t12-,13-,14+/m1/s1. The zero-order valence-electron chi connectivity index (χ0n) is 11.5. The van der Waals surface area contributed by atoms with E-state index in [0.29, 0.717) is 19.6 Å². The Hall–Kier alpha value is -1.46. The van der Waals surface area contributed by atoms with E-state index in [-0.39, 0.29) is 24.2 Å². The molecule has 5 heteroatoms. The first-order chi connectivity index (χ1) is 9.81. The lowest BCUT2D eigenvalue weighted by molar-refractivity contribution is -0.158. The van der Waals surface area contributed by atoms with Crippen molar-refractivity contribution < 1.29 is 14.3 Å². The maximum atomic E-state index is 12.0. The molecule has 1 N–H and O–H groups in total. The van der Waals surface area contributed by atoms with Crippen LogP contribution in [0.5, 0.6) is 0 Å². The van der Waals surface area contributed by atoms with Crippen LogP contribution in [0.3, 0.4) is 0 Å². The monoisotopic (exact) mass is 276 g/mol. The zero-order valence-corrected chi connectivity index (χ0v) is 11.5. The Balaban J connectivity index is 1.49. The van der Waals surface area contributed by atoms with Gasteiger partial charge >= 0.3 is 0 Å². The van der Waals surface area contributed by atoms with Crippen molar-refractivity contribution in [2.75, 3.05) is 13.2 Å². The summed E-state index contributed by atoms with van der Waals surface area (Å²) in [5.74, 6) is 0.0539. The van der Waals surface area contributed by atoms with Gasteiger partial charge in [0.15, 0.2) is 0 Å². The lowest BCUT2D eigenvalue weighted by Gasteiger charge is -2.39.